The number of fused-ring (bicyclic) bond motifs is 5. The second-order valence-corrected chi connectivity index (χ2v) is 10.1. The fourth-order valence-electron chi connectivity index (χ4n) is 5.96. The minimum absolute atomic E-state index is 0.0301. The predicted octanol–water partition coefficient (Wildman–Crippen LogP) is 8.49. The number of aromatic nitrogens is 2. The van der Waals surface area contributed by atoms with E-state index in [1.54, 1.807) is 12.1 Å². The van der Waals surface area contributed by atoms with Crippen LogP contribution in [0.15, 0.2) is 108 Å². The molecule has 2 aromatic heterocycles. The SMILES string of the molecule is [2H]C1([2H])c2ccc(-c3cccc4c3oc3cc(C)c(-c5n(-c6ccccc6)c6ccccc6[n+]5C)cc34)cc2C([2H])([2H])C1([2H])[2H]. The van der Waals surface area contributed by atoms with E-state index < -0.39 is 19.1 Å². The second kappa shape index (κ2) is 8.44. The maximum absolute atomic E-state index is 8.53. The molecule has 0 unspecified atom stereocenters. The molecule has 0 saturated carbocycles. The van der Waals surface area contributed by atoms with Crippen LogP contribution in [0.5, 0.6) is 0 Å². The highest BCUT2D eigenvalue weighted by Gasteiger charge is 2.28. The van der Waals surface area contributed by atoms with Crippen LogP contribution in [-0.4, -0.2) is 4.57 Å². The maximum atomic E-state index is 8.53. The predicted molar refractivity (Wildman–Crippen MR) is 159 cm³/mol. The lowest BCUT2D eigenvalue weighted by Gasteiger charge is -2.07. The molecule has 1 aliphatic carbocycles. The van der Waals surface area contributed by atoms with E-state index in [2.05, 4.69) is 71.6 Å². The number of rotatable bonds is 3. The van der Waals surface area contributed by atoms with Gasteiger partial charge in [-0.15, -0.1) is 0 Å². The summed E-state index contributed by atoms with van der Waals surface area (Å²) in [5, 5.41) is 1.85. The Balaban J connectivity index is 1.35. The molecule has 0 radical (unpaired) electrons. The van der Waals surface area contributed by atoms with Gasteiger partial charge in [-0.1, -0.05) is 66.7 Å². The highest BCUT2D eigenvalue weighted by atomic mass is 16.3. The van der Waals surface area contributed by atoms with E-state index in [-0.39, 0.29) is 11.1 Å². The van der Waals surface area contributed by atoms with Gasteiger partial charge in [0.1, 0.15) is 16.9 Å². The summed E-state index contributed by atoms with van der Waals surface area (Å²) in [6.45, 7) is 2.08. The lowest BCUT2D eigenvalue weighted by molar-refractivity contribution is -0.633. The second-order valence-electron chi connectivity index (χ2n) is 10.1. The lowest BCUT2D eigenvalue weighted by Crippen LogP contribution is -2.30. The molecule has 0 aliphatic heterocycles. The van der Waals surface area contributed by atoms with Crippen LogP contribution < -0.4 is 4.57 Å². The Labute approximate surface area is 236 Å². The zero-order valence-electron chi connectivity index (χ0n) is 27.6. The van der Waals surface area contributed by atoms with E-state index >= 15 is 0 Å². The fraction of sp³-hybridized carbons (Fsp3) is 0.139. The number of hydrogen-bond acceptors (Lipinski definition) is 1. The van der Waals surface area contributed by atoms with Gasteiger partial charge in [-0.25, -0.2) is 4.57 Å². The third-order valence-corrected chi connectivity index (χ3v) is 7.84. The summed E-state index contributed by atoms with van der Waals surface area (Å²) in [5.41, 5.74) is 8.21. The molecule has 39 heavy (non-hydrogen) atoms. The van der Waals surface area contributed by atoms with E-state index in [0.717, 1.165) is 55.6 Å². The van der Waals surface area contributed by atoms with Gasteiger partial charge >= 0.3 is 0 Å². The standard InChI is InChI=1S/C36H29N2O/c1-23-20-34-31(29-15-9-14-28(35(29)39-34)26-19-18-24-10-8-11-25(24)21-26)22-30(23)36-37(2)32-16-6-7-17-33(32)38(36)27-12-4-3-5-13-27/h3-7,9,12-22H,8,10-11H2,1-2H3/q+1/i8D2,10D2,11D2. The molecule has 5 aromatic carbocycles. The Hall–Kier alpha value is -4.63. The summed E-state index contributed by atoms with van der Waals surface area (Å²) in [4.78, 5) is 0. The van der Waals surface area contributed by atoms with E-state index in [4.69, 9.17) is 12.6 Å². The quantitative estimate of drug-likeness (QED) is 0.218. The summed E-state index contributed by atoms with van der Waals surface area (Å²) < 4.78 is 61.4. The van der Waals surface area contributed by atoms with Crippen molar-refractivity contribution in [1.29, 1.82) is 0 Å². The van der Waals surface area contributed by atoms with Gasteiger partial charge in [0.05, 0.1) is 12.6 Å². The minimum atomic E-state index is -2.71. The van der Waals surface area contributed by atoms with Crippen molar-refractivity contribution < 1.29 is 17.2 Å². The first kappa shape index (κ1) is 17.1. The van der Waals surface area contributed by atoms with Crippen LogP contribution in [0.1, 0.15) is 31.3 Å². The molecule has 3 nitrogen and oxygen atoms in total. The Morgan fingerprint density at radius 3 is 2.49 bits per heavy atom. The molecule has 0 bridgehead atoms. The third kappa shape index (κ3) is 3.33. The van der Waals surface area contributed by atoms with Crippen molar-refractivity contribution >= 4 is 33.0 Å². The Kier molecular flexibility index (Phi) is 3.69. The van der Waals surface area contributed by atoms with Crippen molar-refractivity contribution in [2.45, 2.75) is 26.0 Å². The molecular formula is C36H29N2O+. The summed E-state index contributed by atoms with van der Waals surface area (Å²) >= 11 is 0. The molecule has 0 amide bonds. The first-order valence-corrected chi connectivity index (χ1v) is 13.1. The Morgan fingerprint density at radius 1 is 0.769 bits per heavy atom. The lowest BCUT2D eigenvalue weighted by atomic mass is 9.98. The maximum Gasteiger partial charge on any atom is 0.295 e. The van der Waals surface area contributed by atoms with E-state index in [1.165, 1.54) is 6.07 Å². The summed E-state index contributed by atoms with van der Waals surface area (Å²) in [6, 6.07) is 33.6. The van der Waals surface area contributed by atoms with Crippen molar-refractivity contribution in [2.75, 3.05) is 0 Å². The van der Waals surface area contributed by atoms with Crippen molar-refractivity contribution in [3.05, 3.63) is 120 Å². The van der Waals surface area contributed by atoms with Gasteiger partial charge < -0.3 is 4.42 Å². The number of para-hydroxylation sites is 4. The van der Waals surface area contributed by atoms with Crippen LogP contribution >= 0.6 is 0 Å². The van der Waals surface area contributed by atoms with Crippen LogP contribution in [0, 0.1) is 6.92 Å². The normalized spacial score (nSPS) is 19.2. The van der Waals surface area contributed by atoms with Gasteiger partial charge in [0, 0.05) is 24.6 Å². The zero-order chi connectivity index (χ0) is 31.5. The molecule has 7 aromatic rings. The first-order chi connectivity index (χ1) is 21.4. The number of aryl methyl sites for hydroxylation is 4. The highest BCUT2D eigenvalue weighted by molar-refractivity contribution is 6.10. The van der Waals surface area contributed by atoms with Gasteiger partial charge in [-0.05, 0) is 84.7 Å². The van der Waals surface area contributed by atoms with E-state index in [9.17, 15) is 0 Å². The molecule has 0 atom stereocenters. The minimum Gasteiger partial charge on any atom is -0.455 e. The third-order valence-electron chi connectivity index (χ3n) is 7.84. The first-order valence-electron chi connectivity index (χ1n) is 16.1. The van der Waals surface area contributed by atoms with Gasteiger partial charge in [0.25, 0.3) is 5.82 Å². The van der Waals surface area contributed by atoms with Crippen molar-refractivity contribution in [1.82, 2.24) is 4.57 Å². The molecule has 0 saturated heterocycles. The number of benzene rings is 5. The van der Waals surface area contributed by atoms with Crippen LogP contribution in [0.4, 0.5) is 0 Å². The zero-order valence-corrected chi connectivity index (χ0v) is 21.6. The fourth-order valence-corrected chi connectivity index (χ4v) is 5.96. The Morgan fingerprint density at radius 2 is 1.59 bits per heavy atom. The summed E-state index contributed by atoms with van der Waals surface area (Å²) in [5.74, 6) is 1.04. The molecule has 1 aliphatic rings. The molecule has 188 valence electrons. The molecule has 3 heteroatoms. The summed E-state index contributed by atoms with van der Waals surface area (Å²) in [7, 11) is 2.09. The average molecular weight is 512 g/mol. The molecule has 8 rings (SSSR count). The number of hydrogen-bond donors (Lipinski definition) is 0. The largest absolute Gasteiger partial charge is 0.455 e. The topological polar surface area (TPSA) is 21.9 Å². The highest BCUT2D eigenvalue weighted by Crippen LogP contribution is 2.40. The Bertz CT molecular complexity index is 2340. The van der Waals surface area contributed by atoms with Gasteiger partial charge in [0.2, 0.25) is 0 Å². The molecular weight excluding hydrogens is 476 g/mol. The van der Waals surface area contributed by atoms with Crippen molar-refractivity contribution in [3.8, 4) is 28.2 Å². The monoisotopic (exact) mass is 511 g/mol. The molecule has 0 fully saturated rings. The number of nitrogens with zero attached hydrogens (tertiary/aromatic N) is 2. The molecule has 0 N–H and O–H groups in total. The van der Waals surface area contributed by atoms with E-state index in [0.29, 0.717) is 11.1 Å². The smallest absolute Gasteiger partial charge is 0.295 e. The van der Waals surface area contributed by atoms with Crippen LogP contribution in [0.2, 0.25) is 0 Å². The van der Waals surface area contributed by atoms with E-state index in [1.807, 2.05) is 36.4 Å². The van der Waals surface area contributed by atoms with Gasteiger partial charge in [-0.2, -0.15) is 4.57 Å². The molecule has 2 heterocycles. The van der Waals surface area contributed by atoms with Crippen molar-refractivity contribution in [3.63, 3.8) is 0 Å². The van der Waals surface area contributed by atoms with Crippen LogP contribution in [-0.2, 0) is 19.8 Å². The van der Waals surface area contributed by atoms with Crippen LogP contribution in [0.3, 0.4) is 0 Å². The number of imidazole rings is 1. The summed E-state index contributed by atoms with van der Waals surface area (Å²) in [6.07, 6.45) is -7.66. The van der Waals surface area contributed by atoms with Gasteiger partial charge in [-0.3, -0.25) is 0 Å². The average Bonchev–Trinajstić information content (AvgIpc) is 3.57. The van der Waals surface area contributed by atoms with Crippen molar-refractivity contribution in [2.24, 2.45) is 7.05 Å². The molecule has 0 spiro atoms. The van der Waals surface area contributed by atoms with Gasteiger partial charge in [0.15, 0.2) is 11.0 Å². The number of furan rings is 1. The van der Waals surface area contributed by atoms with Crippen LogP contribution in [0.25, 0.3) is 61.2 Å².